The van der Waals surface area contributed by atoms with E-state index in [4.69, 9.17) is 9.97 Å². The minimum absolute atomic E-state index is 0. The molecule has 11 heteroatoms. The number of para-hydroxylation sites is 4. The molecular weight excluding hydrogens is 2010 g/mol. The van der Waals surface area contributed by atoms with Crippen LogP contribution in [0.1, 0.15) is 151 Å². The minimum atomic E-state index is -0.799. The van der Waals surface area contributed by atoms with E-state index in [0.29, 0.717) is 17.8 Å². The average Bonchev–Trinajstić information content (AvgIpc) is 1.60. The zero-order chi connectivity index (χ0) is 91.3. The fraction of sp³-hybridized carbons (Fsp3) is 0.145. The molecule has 0 N–H and O–H groups in total. The van der Waals surface area contributed by atoms with E-state index >= 15 is 0 Å². The number of rotatable bonds is 20. The van der Waals surface area contributed by atoms with Gasteiger partial charge in [-0.2, -0.15) is 54.6 Å². The second-order valence-electron chi connectivity index (χ2n) is 38.0. The molecule has 0 unspecified atom stereocenters. The Morgan fingerprint density at radius 2 is 0.711 bits per heavy atom. The van der Waals surface area contributed by atoms with Crippen molar-refractivity contribution in [3.8, 4) is 45.0 Å². The monoisotopic (exact) mass is 2110 g/mol. The number of hydrogen-bond donors (Lipinski definition) is 0. The first-order chi connectivity index (χ1) is 64.7. The Bertz CT molecular complexity index is 7370. The van der Waals surface area contributed by atoms with Crippen molar-refractivity contribution in [2.24, 2.45) is 0 Å². The van der Waals surface area contributed by atoms with Crippen LogP contribution in [0.2, 0.25) is 0 Å². The van der Waals surface area contributed by atoms with E-state index in [1.165, 1.54) is 50.1 Å². The standard InChI is InChI=1S/C63H61N5.C61H47N4.2Pt/c1-43(2)47-37-57(44(3)4)62(58(38-47)45(5)6)46-20-18-21-49(36-46)65-34-35-66(42-65)50-22-19-27-53(40-50)68(51-23-12-10-13-24-51,52-25-14-11-15-26-52)54-30-31-56-55-28-16-17-29-59(55)67(60(56)41-54)61-39-48(32-33-64-61)63(7,8)9;1-60(2,3)50-33-34-62-59(42-50)65-57-30-17-16-29-55(57)56-32-31-52(41-58(56)65)61(48-23-12-6-13-24-48,49-25-14-7-15-26-49)51-27-18-28-53(40-51)63-35-36-64(43-63)54-38-46(44-19-8-4-9-20-44)37-47(39-54)45-21-10-5-11-22-45;;/h10-39,42-45H,1-9H3;4-39,42-43H,1-3H3;;/q-2;-3;;. The second kappa shape index (κ2) is 38.3. The largest absolute Gasteiger partial charge is 0.500 e. The Kier molecular flexibility index (Phi) is 26.0. The van der Waals surface area contributed by atoms with Gasteiger partial charge in [0.1, 0.15) is 23.0 Å². The number of pyridine rings is 2. The van der Waals surface area contributed by atoms with Crippen LogP contribution in [0.5, 0.6) is 0 Å². The molecule has 0 atom stereocenters. The first-order valence-corrected chi connectivity index (χ1v) is 46.4. The number of aromatic nitrogens is 4. The van der Waals surface area contributed by atoms with Gasteiger partial charge < -0.3 is 28.7 Å². The Morgan fingerprint density at radius 3 is 1.21 bits per heavy atom. The zero-order valence-corrected chi connectivity index (χ0v) is 82.8. The van der Waals surface area contributed by atoms with Crippen molar-refractivity contribution in [1.29, 1.82) is 0 Å². The van der Waals surface area contributed by atoms with Crippen molar-refractivity contribution in [3.63, 3.8) is 0 Å². The second-order valence-corrected chi connectivity index (χ2v) is 38.0. The molecule has 0 fully saturated rings. The van der Waals surface area contributed by atoms with Crippen molar-refractivity contribution in [2.75, 3.05) is 19.6 Å². The molecule has 0 bridgehead atoms. The molecule has 0 radical (unpaired) electrons. The predicted molar refractivity (Wildman–Crippen MR) is 557 cm³/mol. The third-order valence-electron chi connectivity index (χ3n) is 26.4. The molecule has 4 aromatic heterocycles. The fourth-order valence-corrected chi connectivity index (χ4v) is 19.5. The van der Waals surface area contributed by atoms with Gasteiger partial charge in [-0.1, -0.05) is 330 Å². The summed E-state index contributed by atoms with van der Waals surface area (Å²) in [5, 5.41) is 4.58. The first-order valence-electron chi connectivity index (χ1n) is 46.4. The zero-order valence-electron chi connectivity index (χ0n) is 78.2. The summed E-state index contributed by atoms with van der Waals surface area (Å²) in [5.41, 5.74) is 29.6. The number of hydrogen-bond acceptors (Lipinski definition) is 6. The molecule has 0 amide bonds. The Hall–Kier alpha value is -13.8. The Balaban J connectivity index is 0.000000178. The number of nitrogens with zero attached hydrogens (tertiary/aromatic N) is 9. The van der Waals surface area contributed by atoms with Crippen molar-refractivity contribution in [2.45, 2.75) is 117 Å². The van der Waals surface area contributed by atoms with Gasteiger partial charge in [0, 0.05) is 118 Å². The van der Waals surface area contributed by atoms with Crippen molar-refractivity contribution in [1.82, 2.24) is 23.6 Å². The van der Waals surface area contributed by atoms with E-state index < -0.39 is 5.41 Å². The van der Waals surface area contributed by atoms with E-state index in [2.05, 4.69) is 544 Å². The van der Waals surface area contributed by atoms with Gasteiger partial charge in [0.05, 0.1) is 0 Å². The molecule has 674 valence electrons. The molecule has 9 nitrogen and oxygen atoms in total. The van der Waals surface area contributed by atoms with E-state index in [9.17, 15) is 0 Å². The summed E-state index contributed by atoms with van der Waals surface area (Å²) in [7, 11) is 0. The van der Waals surface area contributed by atoms with Gasteiger partial charge in [-0.3, -0.25) is 0 Å². The molecular formula is C124H108N9Pt2-5. The normalized spacial score (nSPS) is 12.9. The summed E-state index contributed by atoms with van der Waals surface area (Å²) >= 11 is 0. The molecule has 0 saturated carbocycles. The van der Waals surface area contributed by atoms with Gasteiger partial charge in [0.15, 0.2) is 0 Å². The number of anilines is 4. The molecule has 0 aliphatic carbocycles. The van der Waals surface area contributed by atoms with Gasteiger partial charge in [0.2, 0.25) is 0 Å². The van der Waals surface area contributed by atoms with E-state index in [1.807, 2.05) is 12.4 Å². The molecule has 135 heavy (non-hydrogen) atoms. The SMILES string of the molecule is CC(C)(C)c1ccnc(-n2c3[c-]c(C(c4[c-]c(N5C=CN(c6cc(-c7ccccc7)cc(-c7ccccc7)c6)[CH-]5)ccc4)(c4ccccc4)c4ccccc4)ccc3c3ccccc32)c1.CC(C)c1cc(C(C)C)c(-c2cccc(N3C=CN(c4[c-]c([N+](c5[c-]c6c(cc5)c5ccccc5n6-c5cc(C(C)(C)C)ccn5)(c5ccccc5)c5ccccc5)ccc4)[CH-]3)c2)c(C(C)C)c1.[Pt].[Pt]. The van der Waals surface area contributed by atoms with Crippen molar-refractivity contribution >= 4 is 89.1 Å². The van der Waals surface area contributed by atoms with Crippen LogP contribution < -0.4 is 24.1 Å². The van der Waals surface area contributed by atoms with Crippen LogP contribution in [-0.4, -0.2) is 19.1 Å². The van der Waals surface area contributed by atoms with E-state index in [1.54, 1.807) is 0 Å². The maximum atomic E-state index is 5.01. The number of benzene rings is 15. The molecule has 21 rings (SSSR count). The van der Waals surface area contributed by atoms with Crippen molar-refractivity contribution < 1.29 is 42.1 Å². The van der Waals surface area contributed by atoms with Crippen LogP contribution >= 0.6 is 0 Å². The van der Waals surface area contributed by atoms with Gasteiger partial charge in [-0.25, -0.2) is 14.5 Å². The molecule has 15 aromatic carbocycles. The summed E-state index contributed by atoms with van der Waals surface area (Å²) < 4.78 is 4.83. The van der Waals surface area contributed by atoms with Crippen LogP contribution in [0.15, 0.2) is 407 Å². The molecule has 2 aliphatic heterocycles. The summed E-state index contributed by atoms with van der Waals surface area (Å²) in [6.45, 7) is 31.7. The number of fused-ring (bicyclic) bond motifs is 6. The van der Waals surface area contributed by atoms with E-state index in [-0.39, 0.29) is 57.4 Å². The van der Waals surface area contributed by atoms with Crippen LogP contribution in [-0.2, 0) is 58.4 Å². The van der Waals surface area contributed by atoms with Crippen molar-refractivity contribution in [3.05, 3.63) is 495 Å². The Morgan fingerprint density at radius 1 is 0.304 bits per heavy atom. The molecule has 0 spiro atoms. The third-order valence-corrected chi connectivity index (χ3v) is 26.4. The van der Waals surface area contributed by atoms with Gasteiger partial charge in [-0.15, -0.1) is 59.1 Å². The quantitative estimate of drug-likeness (QED) is 0.0431. The van der Waals surface area contributed by atoms with Crippen LogP contribution in [0.3, 0.4) is 0 Å². The topological polar surface area (TPSA) is 48.6 Å². The van der Waals surface area contributed by atoms with Crippen LogP contribution in [0, 0.1) is 37.6 Å². The molecule has 2 aliphatic rings. The third kappa shape index (κ3) is 17.5. The Labute approximate surface area is 824 Å². The first kappa shape index (κ1) is 91.7. The van der Waals surface area contributed by atoms with Crippen LogP contribution in [0.25, 0.3) is 88.6 Å². The molecule has 0 saturated heterocycles. The van der Waals surface area contributed by atoms with Gasteiger partial charge >= 0.3 is 0 Å². The van der Waals surface area contributed by atoms with Gasteiger partial charge in [0.25, 0.3) is 0 Å². The average molecular weight is 2110 g/mol. The summed E-state index contributed by atoms with van der Waals surface area (Å²) in [6, 6.07) is 149. The summed E-state index contributed by atoms with van der Waals surface area (Å²) in [6.07, 6.45) is 12.4. The predicted octanol–water partition coefficient (Wildman–Crippen LogP) is 32.0. The summed E-state index contributed by atoms with van der Waals surface area (Å²) in [4.78, 5) is 18.8. The smallest absolute Gasteiger partial charge is 0.144 e. The maximum Gasteiger partial charge on any atom is 0.144 e. The van der Waals surface area contributed by atoms with Gasteiger partial charge in [-0.05, 0) is 203 Å². The van der Waals surface area contributed by atoms with E-state index in [0.717, 1.165) is 134 Å². The minimum Gasteiger partial charge on any atom is -0.500 e. The fourth-order valence-electron chi connectivity index (χ4n) is 19.5. The van der Waals surface area contributed by atoms with Crippen LogP contribution in [0.4, 0.5) is 45.5 Å². The maximum absolute atomic E-state index is 5.01. The molecule has 6 heterocycles. The molecule has 19 aromatic rings. The number of quaternary nitrogens is 1. The summed E-state index contributed by atoms with van der Waals surface area (Å²) in [5.74, 6) is 3.01.